The highest BCUT2D eigenvalue weighted by Gasteiger charge is 2.24. The Labute approximate surface area is 168 Å². The van der Waals surface area contributed by atoms with E-state index in [0.29, 0.717) is 12.2 Å². The summed E-state index contributed by atoms with van der Waals surface area (Å²) >= 11 is 0. The molecule has 1 fully saturated rings. The van der Waals surface area contributed by atoms with Crippen molar-refractivity contribution in [3.8, 4) is 0 Å². The first-order valence-corrected chi connectivity index (χ1v) is 9.61. The zero-order valence-electron chi connectivity index (χ0n) is 16.6. The predicted molar refractivity (Wildman–Crippen MR) is 106 cm³/mol. The lowest BCUT2D eigenvalue weighted by Gasteiger charge is -2.17. The number of amides is 2. The highest BCUT2D eigenvalue weighted by molar-refractivity contribution is 5.93. The Balaban J connectivity index is 1.94. The maximum Gasteiger partial charge on any atom is 0.338 e. The molecule has 1 saturated heterocycles. The van der Waals surface area contributed by atoms with Crippen LogP contribution in [0.5, 0.6) is 0 Å². The Morgan fingerprint density at radius 3 is 2.59 bits per heavy atom. The van der Waals surface area contributed by atoms with Gasteiger partial charge in [-0.25, -0.2) is 4.79 Å². The molecule has 0 aromatic heterocycles. The fourth-order valence-corrected chi connectivity index (χ4v) is 2.99. The second-order valence-electron chi connectivity index (χ2n) is 6.81. The van der Waals surface area contributed by atoms with Gasteiger partial charge < -0.3 is 20.3 Å². The lowest BCUT2D eigenvalue weighted by molar-refractivity contribution is -0.384. The van der Waals surface area contributed by atoms with Crippen molar-refractivity contribution in [1.29, 1.82) is 0 Å². The molecule has 0 saturated carbocycles. The fraction of sp³-hybridized carbons (Fsp3) is 0.526. The smallest absolute Gasteiger partial charge is 0.338 e. The average Bonchev–Trinajstić information content (AvgIpc) is 3.24. The summed E-state index contributed by atoms with van der Waals surface area (Å²) in [5, 5.41) is 16.5. The van der Waals surface area contributed by atoms with Crippen LogP contribution in [0.25, 0.3) is 0 Å². The number of hydrogen-bond donors (Lipinski definition) is 2. The number of benzene rings is 1. The second kappa shape index (κ2) is 10.4. The number of carbonyl (C=O) groups excluding carboxylic acids is 3. The summed E-state index contributed by atoms with van der Waals surface area (Å²) in [4.78, 5) is 48.6. The third kappa shape index (κ3) is 6.16. The number of anilines is 1. The third-order valence-corrected chi connectivity index (χ3v) is 4.51. The molecule has 0 spiro atoms. The van der Waals surface area contributed by atoms with Gasteiger partial charge in [0.1, 0.15) is 11.7 Å². The van der Waals surface area contributed by atoms with E-state index in [4.69, 9.17) is 4.74 Å². The van der Waals surface area contributed by atoms with Crippen LogP contribution in [0.4, 0.5) is 11.4 Å². The van der Waals surface area contributed by atoms with Crippen LogP contribution < -0.4 is 15.5 Å². The molecule has 10 heteroatoms. The fourth-order valence-electron chi connectivity index (χ4n) is 2.99. The van der Waals surface area contributed by atoms with E-state index in [-0.39, 0.29) is 17.2 Å². The molecular weight excluding hydrogens is 380 g/mol. The summed E-state index contributed by atoms with van der Waals surface area (Å²) < 4.78 is 4.93. The van der Waals surface area contributed by atoms with Gasteiger partial charge in [0.05, 0.1) is 10.5 Å². The number of nitrogens with one attached hydrogen (secondary N) is 2. The van der Waals surface area contributed by atoms with Crippen LogP contribution in [0.15, 0.2) is 18.2 Å². The molecule has 1 aromatic rings. The molecule has 1 aliphatic heterocycles. The van der Waals surface area contributed by atoms with Crippen LogP contribution >= 0.6 is 0 Å². The molecule has 0 aliphatic carbocycles. The van der Waals surface area contributed by atoms with Gasteiger partial charge in [-0.3, -0.25) is 19.7 Å². The Morgan fingerprint density at radius 1 is 1.28 bits per heavy atom. The Morgan fingerprint density at radius 2 is 1.97 bits per heavy atom. The number of nitro groups is 1. The third-order valence-electron chi connectivity index (χ3n) is 4.51. The summed E-state index contributed by atoms with van der Waals surface area (Å²) in [7, 11) is 0. The molecule has 2 rings (SSSR count). The maximum absolute atomic E-state index is 12.2. The summed E-state index contributed by atoms with van der Waals surface area (Å²) in [5.74, 6) is -1.82. The van der Waals surface area contributed by atoms with Crippen molar-refractivity contribution in [2.45, 2.75) is 39.2 Å². The quantitative estimate of drug-likeness (QED) is 0.360. The van der Waals surface area contributed by atoms with Crippen LogP contribution in [0.1, 0.15) is 43.5 Å². The molecule has 158 valence electrons. The number of nitro benzene ring substituents is 1. The first kappa shape index (κ1) is 22.1. The van der Waals surface area contributed by atoms with Gasteiger partial charge in [0.25, 0.3) is 11.6 Å². The second-order valence-corrected chi connectivity index (χ2v) is 6.81. The van der Waals surface area contributed by atoms with Crippen molar-refractivity contribution in [2.75, 3.05) is 31.1 Å². The van der Waals surface area contributed by atoms with E-state index >= 15 is 0 Å². The molecule has 0 bridgehead atoms. The standard InChI is InChI=1S/C19H26N4O6/c1-3-8-20-18(25)13(2)21-17(24)12-29-19(26)14-6-7-15(16(11-14)23(27)28)22-9-4-5-10-22/h6-7,11,13H,3-5,8-10,12H2,1-2H3,(H,20,25)(H,21,24)/t13-/m0/s1. The summed E-state index contributed by atoms with van der Waals surface area (Å²) in [5.41, 5.74) is 0.280. The Kier molecular flexibility index (Phi) is 7.93. The molecule has 10 nitrogen and oxygen atoms in total. The van der Waals surface area contributed by atoms with Crippen molar-refractivity contribution in [1.82, 2.24) is 10.6 Å². The zero-order valence-corrected chi connectivity index (χ0v) is 16.6. The minimum atomic E-state index is -0.848. The van der Waals surface area contributed by atoms with Crippen molar-refractivity contribution in [3.05, 3.63) is 33.9 Å². The lowest BCUT2D eigenvalue weighted by Crippen LogP contribution is -2.46. The highest BCUT2D eigenvalue weighted by Crippen LogP contribution is 2.31. The number of nitrogens with zero attached hydrogens (tertiary/aromatic N) is 2. The largest absolute Gasteiger partial charge is 0.452 e. The number of esters is 1. The number of rotatable bonds is 9. The summed E-state index contributed by atoms with van der Waals surface area (Å²) in [6.45, 7) is 4.80. The Bertz CT molecular complexity index is 776. The van der Waals surface area contributed by atoms with Crippen LogP contribution in [-0.4, -0.2) is 55.0 Å². The molecular formula is C19H26N4O6. The normalized spacial score (nSPS) is 14.2. The van der Waals surface area contributed by atoms with Crippen molar-refractivity contribution >= 4 is 29.2 Å². The topological polar surface area (TPSA) is 131 Å². The average molecular weight is 406 g/mol. The van der Waals surface area contributed by atoms with E-state index in [0.717, 1.165) is 38.4 Å². The molecule has 1 heterocycles. The molecule has 1 aromatic carbocycles. The van der Waals surface area contributed by atoms with E-state index in [1.807, 2.05) is 11.8 Å². The van der Waals surface area contributed by atoms with Gasteiger partial charge >= 0.3 is 5.97 Å². The van der Waals surface area contributed by atoms with E-state index < -0.39 is 29.4 Å². The minimum Gasteiger partial charge on any atom is -0.452 e. The van der Waals surface area contributed by atoms with E-state index in [9.17, 15) is 24.5 Å². The monoisotopic (exact) mass is 406 g/mol. The zero-order chi connectivity index (χ0) is 21.4. The van der Waals surface area contributed by atoms with Crippen LogP contribution in [0, 0.1) is 10.1 Å². The number of hydrogen-bond acceptors (Lipinski definition) is 7. The summed E-state index contributed by atoms with van der Waals surface area (Å²) in [6.07, 6.45) is 2.70. The van der Waals surface area contributed by atoms with Gasteiger partial charge in [0, 0.05) is 25.7 Å². The lowest BCUT2D eigenvalue weighted by atomic mass is 10.1. The SMILES string of the molecule is CCCNC(=O)[C@H](C)NC(=O)COC(=O)c1ccc(N2CCCC2)c([N+](=O)[O-])c1. The molecule has 29 heavy (non-hydrogen) atoms. The number of carbonyl (C=O) groups is 3. The van der Waals surface area contributed by atoms with Crippen LogP contribution in [-0.2, 0) is 14.3 Å². The van der Waals surface area contributed by atoms with Crippen molar-refractivity contribution in [2.24, 2.45) is 0 Å². The van der Waals surface area contributed by atoms with Gasteiger partial charge in [-0.15, -0.1) is 0 Å². The highest BCUT2D eigenvalue weighted by atomic mass is 16.6. The van der Waals surface area contributed by atoms with Crippen LogP contribution in [0.3, 0.4) is 0 Å². The molecule has 1 atom stereocenters. The Hall–Kier alpha value is -3.17. The molecule has 0 unspecified atom stereocenters. The van der Waals surface area contributed by atoms with Crippen LogP contribution in [0.2, 0.25) is 0 Å². The van der Waals surface area contributed by atoms with E-state index in [1.165, 1.54) is 19.1 Å². The van der Waals surface area contributed by atoms with Crippen molar-refractivity contribution < 1.29 is 24.0 Å². The molecule has 1 aliphatic rings. The van der Waals surface area contributed by atoms with E-state index in [1.54, 1.807) is 0 Å². The molecule has 2 N–H and O–H groups in total. The summed E-state index contributed by atoms with van der Waals surface area (Å²) in [6, 6.07) is 3.37. The number of ether oxygens (including phenoxy) is 1. The predicted octanol–water partition coefficient (Wildman–Crippen LogP) is 1.38. The molecule has 0 radical (unpaired) electrons. The molecule has 2 amide bonds. The van der Waals surface area contributed by atoms with Gasteiger partial charge in [-0.05, 0) is 38.3 Å². The van der Waals surface area contributed by atoms with Gasteiger partial charge in [0.2, 0.25) is 5.91 Å². The van der Waals surface area contributed by atoms with Gasteiger partial charge in [0.15, 0.2) is 6.61 Å². The van der Waals surface area contributed by atoms with Crippen molar-refractivity contribution in [3.63, 3.8) is 0 Å². The minimum absolute atomic E-state index is 0.0128. The maximum atomic E-state index is 12.2. The van der Waals surface area contributed by atoms with E-state index in [2.05, 4.69) is 10.6 Å². The first-order chi connectivity index (χ1) is 13.8. The first-order valence-electron chi connectivity index (χ1n) is 9.61. The van der Waals surface area contributed by atoms with Gasteiger partial charge in [-0.2, -0.15) is 0 Å². The van der Waals surface area contributed by atoms with Gasteiger partial charge in [-0.1, -0.05) is 6.92 Å².